The van der Waals surface area contributed by atoms with Gasteiger partial charge in [0.25, 0.3) is 0 Å². The average Bonchev–Trinajstić information content (AvgIpc) is 3.27. The fraction of sp³-hybridized carbons (Fsp3) is 0.450. The Kier molecular flexibility index (Phi) is 7.05. The van der Waals surface area contributed by atoms with Crippen LogP contribution in [0.25, 0.3) is 5.69 Å². The molecular formula is C20H24FKN4O4. The number of carbonyl (C=O) groups excluding carboxylic acids is 1. The van der Waals surface area contributed by atoms with E-state index in [0.717, 1.165) is 12.8 Å². The Hall–Kier alpha value is -1.30. The van der Waals surface area contributed by atoms with Gasteiger partial charge in [0.1, 0.15) is 0 Å². The molecule has 0 unspecified atom stereocenters. The van der Waals surface area contributed by atoms with Gasteiger partial charge < -0.3 is 5.11 Å². The van der Waals surface area contributed by atoms with Gasteiger partial charge in [0, 0.05) is 0 Å². The van der Waals surface area contributed by atoms with Crippen LogP contribution in [0.15, 0.2) is 18.2 Å². The molecule has 1 aromatic heterocycles. The van der Waals surface area contributed by atoms with Crippen molar-refractivity contribution in [3.63, 3.8) is 0 Å². The number of likely N-dealkylation sites (tertiary alicyclic amines) is 1. The Labute approximate surface area is 208 Å². The van der Waals surface area contributed by atoms with Crippen molar-refractivity contribution >= 4 is 66.6 Å². The maximum atomic E-state index is 14.6. The summed E-state index contributed by atoms with van der Waals surface area (Å²) in [5.41, 5.74) is 0.558. The number of nitrogens with zero attached hydrogens (tertiary/aromatic N) is 4. The summed E-state index contributed by atoms with van der Waals surface area (Å²) in [7, 11) is 0. The SMILES string of the molecule is CC(C)(C)O.O=C(O)c1n[c]([K])n2c1CN(C(=O)N1CCCC1)c1c(F)cccc1-2. The number of carbonyl (C=O) groups is 2. The summed E-state index contributed by atoms with van der Waals surface area (Å²) in [5.74, 6) is -1.62. The number of rotatable bonds is 1. The molecule has 0 atom stereocenters. The molecule has 0 spiro atoms. The predicted octanol–water partition coefficient (Wildman–Crippen LogP) is 1.82. The van der Waals surface area contributed by atoms with E-state index in [1.54, 1.807) is 42.4 Å². The van der Waals surface area contributed by atoms with E-state index in [1.165, 1.54) is 11.0 Å². The zero-order chi connectivity index (χ0) is 22.2. The van der Waals surface area contributed by atoms with E-state index >= 15 is 0 Å². The van der Waals surface area contributed by atoms with E-state index < -0.39 is 17.4 Å². The van der Waals surface area contributed by atoms with Crippen molar-refractivity contribution in [2.75, 3.05) is 18.0 Å². The second-order valence-corrected chi connectivity index (χ2v) is 9.83. The molecule has 1 fully saturated rings. The van der Waals surface area contributed by atoms with Crippen LogP contribution >= 0.6 is 0 Å². The van der Waals surface area contributed by atoms with Crippen LogP contribution < -0.4 is 4.82 Å². The van der Waals surface area contributed by atoms with Crippen molar-refractivity contribution in [2.24, 2.45) is 0 Å². The van der Waals surface area contributed by atoms with E-state index in [0.29, 0.717) is 24.4 Å². The number of anilines is 1. The number of urea groups is 1. The molecule has 0 radical (unpaired) electrons. The number of halogens is 1. The molecule has 156 valence electrons. The third kappa shape index (κ3) is 4.95. The predicted molar refractivity (Wildman–Crippen MR) is 110 cm³/mol. The van der Waals surface area contributed by atoms with E-state index in [2.05, 4.69) is 4.98 Å². The summed E-state index contributed by atoms with van der Waals surface area (Å²) < 4.78 is 17.0. The number of carboxylic acid groups (broad SMARTS) is 1. The first-order valence-electron chi connectivity index (χ1n) is 9.88. The summed E-state index contributed by atoms with van der Waals surface area (Å²) in [6.07, 6.45) is 1.85. The molecule has 0 bridgehead atoms. The molecule has 2 aliphatic rings. The van der Waals surface area contributed by atoms with Gasteiger partial charge in [-0.05, 0) is 20.8 Å². The molecule has 4 rings (SSSR count). The number of hydrogen-bond acceptors (Lipinski definition) is 4. The first kappa shape index (κ1) is 23.4. The van der Waals surface area contributed by atoms with Gasteiger partial charge in [0.15, 0.2) is 0 Å². The molecule has 1 saturated heterocycles. The molecular weight excluding hydrogens is 418 g/mol. The Morgan fingerprint density at radius 1 is 1.20 bits per heavy atom. The molecule has 0 aliphatic carbocycles. The second-order valence-electron chi connectivity index (χ2n) is 8.44. The number of carboxylic acids is 1. The van der Waals surface area contributed by atoms with Crippen molar-refractivity contribution in [1.29, 1.82) is 0 Å². The van der Waals surface area contributed by atoms with Crippen LogP contribution in [0, 0.1) is 5.82 Å². The van der Waals surface area contributed by atoms with Crippen LogP contribution in [-0.4, -0.2) is 104 Å². The zero-order valence-corrected chi connectivity index (χ0v) is 20.8. The number of hydrogen-bond donors (Lipinski definition) is 2. The van der Waals surface area contributed by atoms with E-state index in [-0.39, 0.29) is 72.9 Å². The molecule has 8 nitrogen and oxygen atoms in total. The summed E-state index contributed by atoms with van der Waals surface area (Å²) >= 11 is 0.0974. The summed E-state index contributed by atoms with van der Waals surface area (Å²) in [6.45, 7) is 6.51. The maximum absolute atomic E-state index is 14.6. The van der Waals surface area contributed by atoms with Gasteiger partial charge in [-0.3, -0.25) is 0 Å². The summed E-state index contributed by atoms with van der Waals surface area (Å²) in [6, 6.07) is 4.30. The number of aliphatic hydroxyl groups is 1. The van der Waals surface area contributed by atoms with E-state index in [4.69, 9.17) is 5.11 Å². The van der Waals surface area contributed by atoms with Gasteiger partial charge in [-0.15, -0.1) is 0 Å². The van der Waals surface area contributed by atoms with Gasteiger partial charge in [-0.1, -0.05) is 0 Å². The monoisotopic (exact) mass is 442 g/mol. The first-order chi connectivity index (χ1) is 14.0. The van der Waals surface area contributed by atoms with Crippen LogP contribution in [0.3, 0.4) is 0 Å². The molecule has 3 heterocycles. The summed E-state index contributed by atoms with van der Waals surface area (Å²) in [5, 5.41) is 18.0. The van der Waals surface area contributed by atoms with Crippen LogP contribution in [0.4, 0.5) is 14.9 Å². The molecule has 2 aromatic rings. The Morgan fingerprint density at radius 3 is 2.37 bits per heavy atom. The molecule has 0 saturated carbocycles. The molecule has 1 aromatic carbocycles. The fourth-order valence-electron chi connectivity index (χ4n) is 3.64. The van der Waals surface area contributed by atoms with E-state index in [1.807, 2.05) is 0 Å². The second kappa shape index (κ2) is 9.05. The van der Waals surface area contributed by atoms with Crippen LogP contribution in [0.1, 0.15) is 49.8 Å². The van der Waals surface area contributed by atoms with Crippen molar-refractivity contribution in [3.05, 3.63) is 35.4 Å². The number of benzene rings is 1. The first-order valence-corrected chi connectivity index (χ1v) is 11.4. The van der Waals surface area contributed by atoms with Gasteiger partial charge in [-0.2, -0.15) is 0 Å². The third-order valence-electron chi connectivity index (χ3n) is 4.73. The average molecular weight is 443 g/mol. The standard InChI is InChI=1S/C16H14FN4O3.C4H10O.K/c17-10-4-3-5-11-14(10)20(16(24)19-6-1-2-7-19)8-12-13(15(22)23)18-9-21(11)12;1-4(2,3)5;/h3-5H,1-2,6-8H2,(H,22,23);5H,1-3H3;. The van der Waals surface area contributed by atoms with Gasteiger partial charge in [0.2, 0.25) is 0 Å². The third-order valence-corrected chi connectivity index (χ3v) is 5.78. The molecule has 10 heteroatoms. The number of aromatic nitrogens is 2. The Bertz CT molecular complexity index is 974. The van der Waals surface area contributed by atoms with Crippen LogP contribution in [0.2, 0.25) is 0 Å². The van der Waals surface area contributed by atoms with Crippen molar-refractivity contribution < 1.29 is 24.2 Å². The number of imidazole rings is 1. The molecule has 2 N–H and O–H groups in total. The topological polar surface area (TPSA) is 98.9 Å². The van der Waals surface area contributed by atoms with E-state index in [9.17, 15) is 19.1 Å². The minimum absolute atomic E-state index is 0.00792. The van der Waals surface area contributed by atoms with Crippen molar-refractivity contribution in [2.45, 2.75) is 45.8 Å². The fourth-order valence-corrected chi connectivity index (χ4v) is 4.78. The number of amides is 2. The Morgan fingerprint density at radius 2 is 1.80 bits per heavy atom. The molecule has 30 heavy (non-hydrogen) atoms. The number of fused-ring (bicyclic) bond motifs is 3. The van der Waals surface area contributed by atoms with Crippen molar-refractivity contribution in [3.8, 4) is 5.69 Å². The summed E-state index contributed by atoms with van der Waals surface area (Å²) in [4.78, 5) is 31.7. The zero-order valence-electron chi connectivity index (χ0n) is 17.6. The Balaban J connectivity index is 0.000000461. The quantitative estimate of drug-likeness (QED) is 0.657. The minimum atomic E-state index is -1.13. The van der Waals surface area contributed by atoms with Gasteiger partial charge in [0.05, 0.1) is 5.60 Å². The van der Waals surface area contributed by atoms with Gasteiger partial charge >= 0.3 is 179 Å². The normalized spacial score (nSPS) is 15.3. The van der Waals surface area contributed by atoms with Crippen molar-refractivity contribution in [1.82, 2.24) is 14.5 Å². The number of aromatic carboxylic acids is 1. The van der Waals surface area contributed by atoms with Gasteiger partial charge in [-0.25, -0.2) is 0 Å². The van der Waals surface area contributed by atoms with Crippen LogP contribution in [-0.2, 0) is 6.54 Å². The number of para-hydroxylation sites is 1. The van der Waals surface area contributed by atoms with Crippen LogP contribution in [0.5, 0.6) is 0 Å². The molecule has 2 aliphatic heterocycles. The molecule has 2 amide bonds.